The van der Waals surface area contributed by atoms with Crippen LogP contribution in [0.1, 0.15) is 57.2 Å². The molecule has 2 unspecified atom stereocenters. The van der Waals surface area contributed by atoms with E-state index in [2.05, 4.69) is 22.5 Å². The summed E-state index contributed by atoms with van der Waals surface area (Å²) < 4.78 is 0. The lowest BCUT2D eigenvalue weighted by Crippen LogP contribution is -2.34. The minimum Gasteiger partial charge on any atom is -0.396 e. The Balaban J connectivity index is 1.76. The van der Waals surface area contributed by atoms with E-state index in [0.29, 0.717) is 17.9 Å². The van der Waals surface area contributed by atoms with Gasteiger partial charge in [0.05, 0.1) is 0 Å². The second-order valence-corrected chi connectivity index (χ2v) is 6.28. The van der Waals surface area contributed by atoms with E-state index in [4.69, 9.17) is 4.98 Å². The zero-order valence-electron chi connectivity index (χ0n) is 12.8. The van der Waals surface area contributed by atoms with Gasteiger partial charge in [0.2, 0.25) is 0 Å². The Morgan fingerprint density at radius 1 is 1.14 bits per heavy atom. The number of aliphatic hydroxyl groups is 1. The molecule has 5 nitrogen and oxygen atoms in total. The van der Waals surface area contributed by atoms with E-state index < -0.39 is 0 Å². The van der Waals surface area contributed by atoms with Crippen LogP contribution in [0.3, 0.4) is 0 Å². The molecule has 2 saturated carbocycles. The highest BCUT2D eigenvalue weighted by atomic mass is 16.3. The minimum absolute atomic E-state index is 0.262. The molecule has 116 valence electrons. The van der Waals surface area contributed by atoms with Crippen LogP contribution in [0.5, 0.6) is 0 Å². The topological polar surface area (TPSA) is 70.1 Å². The summed E-state index contributed by atoms with van der Waals surface area (Å²) in [7, 11) is 0. The molecule has 3 N–H and O–H groups in total. The Hall–Kier alpha value is -1.36. The average molecular weight is 290 g/mol. The predicted octanol–water partition coefficient (Wildman–Crippen LogP) is 2.75. The Morgan fingerprint density at radius 3 is 2.62 bits per heavy atom. The van der Waals surface area contributed by atoms with Crippen LogP contribution in [0.25, 0.3) is 0 Å². The van der Waals surface area contributed by atoms with Crippen LogP contribution in [0.15, 0.2) is 6.07 Å². The Kier molecular flexibility index (Phi) is 4.58. The molecule has 3 rings (SSSR count). The average Bonchev–Trinajstić information content (AvgIpc) is 3.32. The van der Waals surface area contributed by atoms with Gasteiger partial charge in [0.25, 0.3) is 0 Å². The van der Waals surface area contributed by atoms with Gasteiger partial charge in [-0.05, 0) is 32.6 Å². The maximum absolute atomic E-state index is 9.55. The third kappa shape index (κ3) is 3.64. The highest BCUT2D eigenvalue weighted by molar-refractivity contribution is 5.48. The summed E-state index contributed by atoms with van der Waals surface area (Å²) in [5, 5.41) is 16.4. The van der Waals surface area contributed by atoms with Crippen LogP contribution in [0, 0.1) is 5.92 Å². The van der Waals surface area contributed by atoms with Crippen molar-refractivity contribution in [3.63, 3.8) is 0 Å². The first-order valence-corrected chi connectivity index (χ1v) is 8.30. The summed E-state index contributed by atoms with van der Waals surface area (Å²) in [6, 6.07) is 2.33. The van der Waals surface area contributed by atoms with Gasteiger partial charge >= 0.3 is 0 Å². The largest absolute Gasteiger partial charge is 0.396 e. The number of nitrogens with zero attached hydrogens (tertiary/aromatic N) is 2. The van der Waals surface area contributed by atoms with Crippen molar-refractivity contribution in [2.24, 2.45) is 5.92 Å². The molecule has 0 spiro atoms. The molecule has 0 bridgehead atoms. The van der Waals surface area contributed by atoms with Crippen molar-refractivity contribution in [3.05, 3.63) is 11.9 Å². The molecule has 0 aromatic carbocycles. The maximum Gasteiger partial charge on any atom is 0.136 e. The highest BCUT2D eigenvalue weighted by Crippen LogP contribution is 2.39. The molecule has 21 heavy (non-hydrogen) atoms. The maximum atomic E-state index is 9.55. The molecule has 2 aliphatic carbocycles. The molecule has 0 amide bonds. The van der Waals surface area contributed by atoms with E-state index in [1.165, 1.54) is 25.7 Å². The number of aromatic nitrogens is 2. The molecular weight excluding hydrogens is 264 g/mol. The molecule has 2 atom stereocenters. The lowest BCUT2D eigenvalue weighted by atomic mass is 9.85. The summed E-state index contributed by atoms with van der Waals surface area (Å²) >= 11 is 0. The Labute approximate surface area is 126 Å². The minimum atomic E-state index is 0.262. The van der Waals surface area contributed by atoms with Crippen molar-refractivity contribution in [3.8, 4) is 0 Å². The van der Waals surface area contributed by atoms with Crippen LogP contribution < -0.4 is 10.6 Å². The van der Waals surface area contributed by atoms with Crippen LogP contribution in [-0.2, 0) is 0 Å². The number of nitrogens with one attached hydrogen (secondary N) is 2. The van der Waals surface area contributed by atoms with Crippen molar-refractivity contribution in [1.82, 2.24) is 9.97 Å². The van der Waals surface area contributed by atoms with Crippen molar-refractivity contribution < 1.29 is 5.11 Å². The third-order valence-electron chi connectivity index (χ3n) is 4.52. The summed E-state index contributed by atoms with van der Waals surface area (Å²) in [6.45, 7) is 3.20. The van der Waals surface area contributed by atoms with Gasteiger partial charge in [-0.2, -0.15) is 0 Å². The van der Waals surface area contributed by atoms with Crippen molar-refractivity contribution in [2.75, 3.05) is 23.8 Å². The lowest BCUT2D eigenvalue weighted by Gasteiger charge is -2.31. The van der Waals surface area contributed by atoms with Gasteiger partial charge in [0.15, 0.2) is 0 Å². The second-order valence-electron chi connectivity index (χ2n) is 6.28. The first-order valence-electron chi connectivity index (χ1n) is 8.30. The van der Waals surface area contributed by atoms with Gasteiger partial charge in [0.1, 0.15) is 17.5 Å². The number of rotatable bonds is 6. The number of anilines is 2. The molecule has 1 aromatic rings. The van der Waals surface area contributed by atoms with Crippen LogP contribution in [0.2, 0.25) is 0 Å². The number of hydrogen-bond acceptors (Lipinski definition) is 5. The van der Waals surface area contributed by atoms with Gasteiger partial charge in [-0.15, -0.1) is 0 Å². The second kappa shape index (κ2) is 6.60. The van der Waals surface area contributed by atoms with Crippen LogP contribution in [-0.4, -0.2) is 34.3 Å². The molecule has 2 aliphatic rings. The van der Waals surface area contributed by atoms with E-state index in [-0.39, 0.29) is 6.61 Å². The standard InChI is InChI=1S/C16H26N4O/c1-2-17-14-9-15(20-16(19-14)11-7-8-11)18-13-6-4-3-5-12(13)10-21/h9,11-13,21H,2-8,10H2,1H3,(H2,17,18,19,20). The fraction of sp³-hybridized carbons (Fsp3) is 0.750. The van der Waals surface area contributed by atoms with E-state index in [1.807, 2.05) is 6.07 Å². The smallest absolute Gasteiger partial charge is 0.136 e. The zero-order valence-corrected chi connectivity index (χ0v) is 12.8. The molecule has 1 aromatic heterocycles. The van der Waals surface area contributed by atoms with Gasteiger partial charge < -0.3 is 15.7 Å². The van der Waals surface area contributed by atoms with Gasteiger partial charge in [-0.3, -0.25) is 0 Å². The number of aliphatic hydroxyl groups excluding tert-OH is 1. The number of hydrogen-bond donors (Lipinski definition) is 3. The monoisotopic (exact) mass is 290 g/mol. The molecule has 5 heteroatoms. The van der Waals surface area contributed by atoms with Crippen LogP contribution >= 0.6 is 0 Å². The van der Waals surface area contributed by atoms with E-state index in [1.54, 1.807) is 0 Å². The molecule has 2 fully saturated rings. The fourth-order valence-electron chi connectivity index (χ4n) is 3.14. The molecule has 1 heterocycles. The molecular formula is C16H26N4O. The first-order chi connectivity index (χ1) is 10.3. The van der Waals surface area contributed by atoms with Crippen molar-refractivity contribution >= 4 is 11.6 Å². The normalized spacial score (nSPS) is 25.6. The van der Waals surface area contributed by atoms with Gasteiger partial charge in [-0.25, -0.2) is 9.97 Å². The Bertz CT molecular complexity index is 475. The first kappa shape index (κ1) is 14.6. The molecule has 0 aliphatic heterocycles. The third-order valence-corrected chi connectivity index (χ3v) is 4.52. The summed E-state index contributed by atoms with van der Waals surface area (Å²) in [6.07, 6.45) is 7.09. The molecule has 0 saturated heterocycles. The summed E-state index contributed by atoms with van der Waals surface area (Å²) in [5.41, 5.74) is 0. The van der Waals surface area contributed by atoms with Crippen LogP contribution in [0.4, 0.5) is 11.6 Å². The van der Waals surface area contributed by atoms with E-state index in [0.717, 1.165) is 36.8 Å². The zero-order chi connectivity index (χ0) is 14.7. The predicted molar refractivity (Wildman–Crippen MR) is 84.6 cm³/mol. The van der Waals surface area contributed by atoms with Gasteiger partial charge in [0, 0.05) is 37.1 Å². The fourth-order valence-corrected chi connectivity index (χ4v) is 3.14. The Morgan fingerprint density at radius 2 is 1.90 bits per heavy atom. The van der Waals surface area contributed by atoms with E-state index >= 15 is 0 Å². The highest BCUT2D eigenvalue weighted by Gasteiger charge is 2.29. The van der Waals surface area contributed by atoms with Crippen molar-refractivity contribution in [1.29, 1.82) is 0 Å². The summed E-state index contributed by atoms with van der Waals surface area (Å²) in [4.78, 5) is 9.30. The summed E-state index contributed by atoms with van der Waals surface area (Å²) in [5.74, 6) is 3.68. The molecule has 0 radical (unpaired) electrons. The quantitative estimate of drug-likeness (QED) is 0.751. The SMILES string of the molecule is CCNc1cc(NC2CCCCC2CO)nc(C2CC2)n1. The van der Waals surface area contributed by atoms with Gasteiger partial charge in [-0.1, -0.05) is 12.8 Å². The van der Waals surface area contributed by atoms with Crippen molar-refractivity contribution in [2.45, 2.75) is 57.4 Å². The lowest BCUT2D eigenvalue weighted by molar-refractivity contribution is 0.178. The van der Waals surface area contributed by atoms with E-state index in [9.17, 15) is 5.11 Å².